The summed E-state index contributed by atoms with van der Waals surface area (Å²) in [5.74, 6) is -1.20. The number of carbonyl (C=O) groups excluding carboxylic acids is 2. The van der Waals surface area contributed by atoms with Gasteiger partial charge in [-0.15, -0.1) is 22.7 Å². The molecule has 2 aromatic heterocycles. The predicted octanol–water partition coefficient (Wildman–Crippen LogP) is 5.03. The minimum Gasteiger partial charge on any atom is -0.465 e. The third kappa shape index (κ3) is 5.11. The van der Waals surface area contributed by atoms with E-state index in [1.807, 2.05) is 6.07 Å². The number of carbonyl (C=O) groups is 2. The van der Waals surface area contributed by atoms with Gasteiger partial charge < -0.3 is 14.8 Å². The number of anilines is 1. The number of hydrogen-bond acceptors (Lipinski definition) is 11. The maximum atomic E-state index is 12.5. The van der Waals surface area contributed by atoms with Crippen molar-refractivity contribution >= 4 is 50.9 Å². The van der Waals surface area contributed by atoms with Crippen molar-refractivity contribution < 1.29 is 24.0 Å². The van der Waals surface area contributed by atoms with Crippen molar-refractivity contribution in [3.63, 3.8) is 0 Å². The summed E-state index contributed by atoms with van der Waals surface area (Å²) in [6, 6.07) is 8.08. The van der Waals surface area contributed by atoms with Crippen LogP contribution in [0.5, 0.6) is 0 Å². The first-order valence-electron chi connectivity index (χ1n) is 9.77. The van der Waals surface area contributed by atoms with Gasteiger partial charge in [0.1, 0.15) is 26.5 Å². The topological polar surface area (TPSA) is 144 Å². The summed E-state index contributed by atoms with van der Waals surface area (Å²) in [4.78, 5) is 39.8. The molecule has 1 N–H and O–H groups in total. The van der Waals surface area contributed by atoms with Crippen molar-refractivity contribution in [3.8, 4) is 17.3 Å². The van der Waals surface area contributed by atoms with Crippen LogP contribution >= 0.6 is 22.7 Å². The van der Waals surface area contributed by atoms with E-state index in [0.717, 1.165) is 11.3 Å². The maximum Gasteiger partial charge on any atom is 0.348 e. The minimum atomic E-state index is -0.608. The van der Waals surface area contributed by atoms with Crippen molar-refractivity contribution in [1.82, 2.24) is 4.98 Å². The Labute approximate surface area is 202 Å². The molecule has 3 rings (SSSR count). The summed E-state index contributed by atoms with van der Waals surface area (Å²) >= 11 is 2.19. The van der Waals surface area contributed by atoms with Crippen LogP contribution in [0.1, 0.15) is 37.5 Å². The van der Waals surface area contributed by atoms with E-state index in [1.54, 1.807) is 31.4 Å². The fourth-order valence-corrected chi connectivity index (χ4v) is 4.82. The number of rotatable bonds is 8. The number of methoxy groups -OCH3 is 1. The number of nitro groups is 1. The van der Waals surface area contributed by atoms with Crippen molar-refractivity contribution in [2.75, 3.05) is 19.0 Å². The summed E-state index contributed by atoms with van der Waals surface area (Å²) in [5, 5.41) is 26.0. The molecule has 0 saturated heterocycles. The molecule has 0 unspecified atom stereocenters. The number of thiophene rings is 1. The largest absolute Gasteiger partial charge is 0.465 e. The summed E-state index contributed by atoms with van der Waals surface area (Å²) in [6.07, 6.45) is 1.38. The first-order valence-corrected chi connectivity index (χ1v) is 11.5. The number of nitro benzene ring substituents is 1. The molecule has 12 heteroatoms. The number of esters is 2. The number of nitriles is 1. The molecule has 34 heavy (non-hydrogen) atoms. The fraction of sp³-hybridized carbons (Fsp3) is 0.182. The lowest BCUT2D eigenvalue weighted by Gasteiger charge is -2.05. The van der Waals surface area contributed by atoms with E-state index in [-0.39, 0.29) is 28.3 Å². The first kappa shape index (κ1) is 24.6. The Kier molecular flexibility index (Phi) is 7.72. The van der Waals surface area contributed by atoms with E-state index >= 15 is 0 Å². The molecule has 0 aliphatic heterocycles. The van der Waals surface area contributed by atoms with Gasteiger partial charge in [0.15, 0.2) is 0 Å². The third-order valence-electron chi connectivity index (χ3n) is 4.55. The lowest BCUT2D eigenvalue weighted by molar-refractivity contribution is -0.384. The Balaban J connectivity index is 1.94. The molecule has 0 aliphatic carbocycles. The van der Waals surface area contributed by atoms with Gasteiger partial charge in [-0.3, -0.25) is 10.1 Å². The minimum absolute atomic E-state index is 0.0641. The first-order chi connectivity index (χ1) is 16.3. The van der Waals surface area contributed by atoms with Gasteiger partial charge in [-0.05, 0) is 19.4 Å². The predicted molar refractivity (Wildman–Crippen MR) is 128 cm³/mol. The molecule has 0 bridgehead atoms. The third-order valence-corrected chi connectivity index (χ3v) is 6.63. The normalized spacial score (nSPS) is 10.9. The van der Waals surface area contributed by atoms with E-state index in [1.165, 1.54) is 36.8 Å². The fourth-order valence-electron chi connectivity index (χ4n) is 2.94. The van der Waals surface area contributed by atoms with Gasteiger partial charge in [-0.1, -0.05) is 12.1 Å². The smallest absolute Gasteiger partial charge is 0.348 e. The van der Waals surface area contributed by atoms with Crippen LogP contribution in [0.3, 0.4) is 0 Å². The van der Waals surface area contributed by atoms with E-state index in [0.29, 0.717) is 26.8 Å². The Morgan fingerprint density at radius 2 is 2.12 bits per heavy atom. The van der Waals surface area contributed by atoms with E-state index < -0.39 is 16.9 Å². The van der Waals surface area contributed by atoms with Crippen LogP contribution in [0.2, 0.25) is 0 Å². The molecule has 0 aliphatic rings. The lowest BCUT2D eigenvalue weighted by atomic mass is 10.1. The monoisotopic (exact) mass is 498 g/mol. The number of nitrogens with zero attached hydrogens (tertiary/aromatic N) is 3. The SMILES string of the molecule is CCOC(=O)c1c(NC=C(C#N)c2nc(-c3cccc([N+](=O)[O-])c3)cs2)sc(C(=O)OC)c1C. The van der Waals surface area contributed by atoms with Gasteiger partial charge in [0.25, 0.3) is 5.69 Å². The number of allylic oxidation sites excluding steroid dienone is 1. The standard InChI is InChI=1S/C22H18N4O6S2/c1-4-32-21(27)17-12(2)18(22(28)31-3)34-20(17)24-10-14(9-23)19-25-16(11-33-19)13-6-5-7-15(8-13)26(29)30/h5-8,10-11,24H,4H2,1-3H3. The quantitative estimate of drug-likeness (QED) is 0.196. The number of ether oxygens (including phenoxy) is 2. The van der Waals surface area contributed by atoms with E-state index in [4.69, 9.17) is 9.47 Å². The molecular weight excluding hydrogens is 480 g/mol. The molecule has 0 saturated carbocycles. The van der Waals surface area contributed by atoms with Crippen molar-refractivity contribution in [2.24, 2.45) is 0 Å². The summed E-state index contributed by atoms with van der Waals surface area (Å²) in [7, 11) is 1.24. The van der Waals surface area contributed by atoms with Crippen LogP contribution < -0.4 is 5.32 Å². The summed E-state index contributed by atoms with van der Waals surface area (Å²) in [6.45, 7) is 3.43. The highest BCUT2D eigenvalue weighted by molar-refractivity contribution is 7.18. The van der Waals surface area contributed by atoms with E-state index in [9.17, 15) is 25.0 Å². The Morgan fingerprint density at radius 1 is 1.35 bits per heavy atom. The summed E-state index contributed by atoms with van der Waals surface area (Å²) < 4.78 is 9.89. The van der Waals surface area contributed by atoms with Gasteiger partial charge >= 0.3 is 11.9 Å². The van der Waals surface area contributed by atoms with Crippen LogP contribution in [0, 0.1) is 28.4 Å². The van der Waals surface area contributed by atoms with Gasteiger partial charge in [-0.2, -0.15) is 5.26 Å². The zero-order chi connectivity index (χ0) is 24.8. The average Bonchev–Trinajstić information content (AvgIpc) is 3.44. The van der Waals surface area contributed by atoms with Crippen LogP contribution in [-0.2, 0) is 9.47 Å². The van der Waals surface area contributed by atoms with Crippen LogP contribution in [0.15, 0.2) is 35.8 Å². The second-order valence-electron chi connectivity index (χ2n) is 6.63. The number of hydrogen-bond donors (Lipinski definition) is 1. The Hall–Kier alpha value is -4.08. The molecule has 1 aromatic carbocycles. The molecule has 3 aromatic rings. The molecule has 10 nitrogen and oxygen atoms in total. The van der Waals surface area contributed by atoms with Gasteiger partial charge in [0.2, 0.25) is 0 Å². The van der Waals surface area contributed by atoms with Crippen LogP contribution in [0.25, 0.3) is 16.8 Å². The molecule has 0 amide bonds. The highest BCUT2D eigenvalue weighted by atomic mass is 32.1. The van der Waals surface area contributed by atoms with Crippen molar-refractivity contribution in [1.29, 1.82) is 5.26 Å². The highest BCUT2D eigenvalue weighted by Crippen LogP contribution is 2.35. The zero-order valence-corrected chi connectivity index (χ0v) is 19.9. The Bertz CT molecular complexity index is 1340. The number of non-ortho nitro benzene ring substituents is 1. The molecule has 2 heterocycles. The van der Waals surface area contributed by atoms with Gasteiger partial charge in [0, 0.05) is 29.3 Å². The number of thiazole rings is 1. The van der Waals surface area contributed by atoms with Crippen LogP contribution in [0.4, 0.5) is 10.7 Å². The van der Waals surface area contributed by atoms with Crippen molar-refractivity contribution in [3.05, 3.63) is 67.0 Å². The van der Waals surface area contributed by atoms with Gasteiger partial charge in [-0.25, -0.2) is 14.6 Å². The number of nitrogens with one attached hydrogen (secondary N) is 1. The Morgan fingerprint density at radius 3 is 2.76 bits per heavy atom. The molecular formula is C22H18N4O6S2. The molecule has 0 radical (unpaired) electrons. The van der Waals surface area contributed by atoms with Crippen LogP contribution in [-0.4, -0.2) is 35.6 Å². The van der Waals surface area contributed by atoms with Gasteiger partial charge in [0.05, 0.1) is 29.9 Å². The number of benzene rings is 1. The maximum absolute atomic E-state index is 12.5. The van der Waals surface area contributed by atoms with Crippen molar-refractivity contribution in [2.45, 2.75) is 13.8 Å². The molecule has 0 atom stereocenters. The number of aromatic nitrogens is 1. The zero-order valence-electron chi connectivity index (χ0n) is 18.3. The lowest BCUT2D eigenvalue weighted by Crippen LogP contribution is -2.08. The molecule has 0 fully saturated rings. The second kappa shape index (κ2) is 10.7. The average molecular weight is 499 g/mol. The molecule has 0 spiro atoms. The molecule has 174 valence electrons. The highest BCUT2D eigenvalue weighted by Gasteiger charge is 2.26. The van der Waals surface area contributed by atoms with E-state index in [2.05, 4.69) is 10.3 Å². The summed E-state index contributed by atoms with van der Waals surface area (Å²) in [5.41, 5.74) is 1.72. The second-order valence-corrected chi connectivity index (χ2v) is 8.51.